The predicted octanol–water partition coefficient (Wildman–Crippen LogP) is 3.20. The third kappa shape index (κ3) is 3.77. The molecule has 1 aromatic carbocycles. The molecule has 0 saturated carbocycles. The van der Waals surface area contributed by atoms with Gasteiger partial charge in [-0.2, -0.15) is 0 Å². The average molecular weight is 265 g/mol. The van der Waals surface area contributed by atoms with Crippen LogP contribution in [0.4, 0.5) is 4.39 Å². The van der Waals surface area contributed by atoms with E-state index in [1.165, 1.54) is 11.6 Å². The minimum absolute atomic E-state index is 0.161. The summed E-state index contributed by atoms with van der Waals surface area (Å²) < 4.78 is 13.1. The van der Waals surface area contributed by atoms with Crippen molar-refractivity contribution in [2.45, 2.75) is 51.7 Å². The van der Waals surface area contributed by atoms with Crippen molar-refractivity contribution in [2.24, 2.45) is 5.92 Å². The number of hydrogen-bond acceptors (Lipinski definition) is 2. The lowest BCUT2D eigenvalue weighted by Gasteiger charge is -2.27. The smallest absolute Gasteiger partial charge is 0.123 e. The lowest BCUT2D eigenvalue weighted by Crippen LogP contribution is -2.40. The highest BCUT2D eigenvalue weighted by Gasteiger charge is 2.27. The molecular weight excluding hydrogens is 241 g/mol. The number of rotatable bonds is 5. The molecule has 0 radical (unpaired) electrons. The zero-order chi connectivity index (χ0) is 14.0. The molecule has 0 aliphatic heterocycles. The van der Waals surface area contributed by atoms with E-state index < -0.39 is 5.60 Å². The first-order valence-electron chi connectivity index (χ1n) is 7.11. The van der Waals surface area contributed by atoms with Crippen LogP contribution in [0.3, 0.4) is 0 Å². The Morgan fingerprint density at radius 2 is 2.21 bits per heavy atom. The van der Waals surface area contributed by atoms with Gasteiger partial charge in [0.2, 0.25) is 0 Å². The zero-order valence-electron chi connectivity index (χ0n) is 12.0. The molecule has 1 aromatic rings. The Bertz CT molecular complexity index is 442. The van der Waals surface area contributed by atoms with E-state index in [9.17, 15) is 9.50 Å². The maximum absolute atomic E-state index is 13.1. The molecule has 0 fully saturated rings. The molecule has 2 unspecified atom stereocenters. The molecule has 2 nitrogen and oxygen atoms in total. The Balaban J connectivity index is 1.96. The van der Waals surface area contributed by atoms with E-state index in [0.29, 0.717) is 12.5 Å². The first-order chi connectivity index (χ1) is 8.87. The van der Waals surface area contributed by atoms with E-state index in [0.717, 1.165) is 24.8 Å². The summed E-state index contributed by atoms with van der Waals surface area (Å²) in [6.07, 6.45) is 2.68. The molecule has 0 spiro atoms. The number of benzene rings is 1. The van der Waals surface area contributed by atoms with Gasteiger partial charge in [0, 0.05) is 12.6 Å². The van der Waals surface area contributed by atoms with E-state index in [1.807, 2.05) is 13.0 Å². The third-order valence-electron chi connectivity index (χ3n) is 3.76. The zero-order valence-corrected chi connectivity index (χ0v) is 12.0. The van der Waals surface area contributed by atoms with Crippen LogP contribution in [0.1, 0.15) is 50.8 Å². The second-order valence-electron chi connectivity index (χ2n) is 6.41. The summed E-state index contributed by atoms with van der Waals surface area (Å²) in [6.45, 7) is 6.68. The second-order valence-corrected chi connectivity index (χ2v) is 6.41. The summed E-state index contributed by atoms with van der Waals surface area (Å²) in [5, 5.41) is 13.7. The van der Waals surface area contributed by atoms with Crippen LogP contribution >= 0.6 is 0 Å². The van der Waals surface area contributed by atoms with E-state index in [2.05, 4.69) is 19.2 Å². The molecule has 0 saturated heterocycles. The van der Waals surface area contributed by atoms with Crippen molar-refractivity contribution in [3.8, 4) is 0 Å². The number of fused-ring (bicyclic) bond motifs is 1. The van der Waals surface area contributed by atoms with Crippen LogP contribution in [0.5, 0.6) is 0 Å². The van der Waals surface area contributed by atoms with Crippen LogP contribution in [0.15, 0.2) is 18.2 Å². The summed E-state index contributed by atoms with van der Waals surface area (Å²) in [5.74, 6) is 0.313. The van der Waals surface area contributed by atoms with Gasteiger partial charge in [-0.15, -0.1) is 0 Å². The standard InChI is InChI=1S/C16H24FNO/c1-11(2)9-16(3,19)10-18-15-7-4-12-8-13(17)5-6-14(12)15/h5-6,8,11,15,18-19H,4,7,9-10H2,1-3H3. The van der Waals surface area contributed by atoms with Crippen molar-refractivity contribution >= 4 is 0 Å². The lowest BCUT2D eigenvalue weighted by molar-refractivity contribution is 0.0359. The molecule has 0 amide bonds. The summed E-state index contributed by atoms with van der Waals surface area (Å²) in [7, 11) is 0. The molecule has 2 rings (SSSR count). The molecule has 0 heterocycles. The largest absolute Gasteiger partial charge is 0.389 e. The molecule has 19 heavy (non-hydrogen) atoms. The fourth-order valence-electron chi connectivity index (χ4n) is 3.09. The Hall–Kier alpha value is -0.930. The van der Waals surface area contributed by atoms with Crippen molar-refractivity contribution in [3.63, 3.8) is 0 Å². The topological polar surface area (TPSA) is 32.3 Å². The number of aliphatic hydroxyl groups is 1. The highest BCUT2D eigenvalue weighted by atomic mass is 19.1. The second kappa shape index (κ2) is 5.59. The fourth-order valence-corrected chi connectivity index (χ4v) is 3.09. The summed E-state index contributed by atoms with van der Waals surface area (Å²) in [4.78, 5) is 0. The van der Waals surface area contributed by atoms with Crippen LogP contribution in [0.25, 0.3) is 0 Å². The minimum Gasteiger partial charge on any atom is -0.389 e. The van der Waals surface area contributed by atoms with Gasteiger partial charge in [-0.05, 0) is 55.4 Å². The van der Waals surface area contributed by atoms with Gasteiger partial charge in [-0.3, -0.25) is 0 Å². The summed E-state index contributed by atoms with van der Waals surface area (Å²) in [5.41, 5.74) is 1.60. The predicted molar refractivity (Wildman–Crippen MR) is 75.5 cm³/mol. The number of aryl methyl sites for hydroxylation is 1. The van der Waals surface area contributed by atoms with Gasteiger partial charge >= 0.3 is 0 Å². The average Bonchev–Trinajstić information content (AvgIpc) is 2.67. The van der Waals surface area contributed by atoms with Gasteiger partial charge in [0.05, 0.1) is 5.60 Å². The number of halogens is 1. The molecule has 3 heteroatoms. The van der Waals surface area contributed by atoms with Gasteiger partial charge in [-0.1, -0.05) is 19.9 Å². The van der Waals surface area contributed by atoms with Crippen molar-refractivity contribution < 1.29 is 9.50 Å². The Kier molecular flexibility index (Phi) is 4.26. The van der Waals surface area contributed by atoms with Crippen LogP contribution < -0.4 is 5.32 Å². The molecule has 0 aromatic heterocycles. The highest BCUT2D eigenvalue weighted by Crippen LogP contribution is 2.32. The summed E-state index contributed by atoms with van der Waals surface area (Å²) in [6, 6.07) is 5.26. The van der Waals surface area contributed by atoms with Crippen molar-refractivity contribution in [2.75, 3.05) is 6.54 Å². The monoisotopic (exact) mass is 265 g/mol. The third-order valence-corrected chi connectivity index (χ3v) is 3.76. The van der Waals surface area contributed by atoms with Crippen molar-refractivity contribution in [3.05, 3.63) is 35.1 Å². The Labute approximate surface area is 115 Å². The van der Waals surface area contributed by atoms with Crippen LogP contribution in [0, 0.1) is 11.7 Å². The number of nitrogens with one attached hydrogen (secondary N) is 1. The first-order valence-corrected chi connectivity index (χ1v) is 7.11. The molecular formula is C16H24FNO. The fraction of sp³-hybridized carbons (Fsp3) is 0.625. The lowest BCUT2D eigenvalue weighted by atomic mass is 9.94. The van der Waals surface area contributed by atoms with E-state index in [4.69, 9.17) is 0 Å². The van der Waals surface area contributed by atoms with Gasteiger partial charge in [0.25, 0.3) is 0 Å². The first kappa shape index (κ1) is 14.5. The van der Waals surface area contributed by atoms with Gasteiger partial charge < -0.3 is 10.4 Å². The minimum atomic E-state index is -0.684. The number of hydrogen-bond donors (Lipinski definition) is 2. The van der Waals surface area contributed by atoms with Crippen molar-refractivity contribution in [1.82, 2.24) is 5.32 Å². The van der Waals surface area contributed by atoms with Crippen molar-refractivity contribution in [1.29, 1.82) is 0 Å². The molecule has 1 aliphatic rings. The SMILES string of the molecule is CC(C)CC(C)(O)CNC1CCc2cc(F)ccc21. The molecule has 2 atom stereocenters. The summed E-state index contributed by atoms with van der Waals surface area (Å²) >= 11 is 0. The maximum Gasteiger partial charge on any atom is 0.123 e. The molecule has 106 valence electrons. The quantitative estimate of drug-likeness (QED) is 0.857. The maximum atomic E-state index is 13.1. The van der Waals surface area contributed by atoms with Gasteiger partial charge in [0.15, 0.2) is 0 Å². The highest BCUT2D eigenvalue weighted by molar-refractivity contribution is 5.34. The van der Waals surface area contributed by atoms with Crippen LogP contribution in [0.2, 0.25) is 0 Å². The molecule has 0 bridgehead atoms. The van der Waals surface area contributed by atoms with Crippen LogP contribution in [-0.4, -0.2) is 17.3 Å². The van der Waals surface area contributed by atoms with E-state index in [1.54, 1.807) is 6.07 Å². The van der Waals surface area contributed by atoms with E-state index >= 15 is 0 Å². The normalized spacial score (nSPS) is 21.5. The van der Waals surface area contributed by atoms with Crippen LogP contribution in [-0.2, 0) is 6.42 Å². The Morgan fingerprint density at radius 1 is 1.47 bits per heavy atom. The van der Waals surface area contributed by atoms with Gasteiger partial charge in [-0.25, -0.2) is 4.39 Å². The molecule has 2 N–H and O–H groups in total. The van der Waals surface area contributed by atoms with Gasteiger partial charge in [0.1, 0.15) is 5.82 Å². The Morgan fingerprint density at radius 3 is 2.89 bits per heavy atom. The molecule has 1 aliphatic carbocycles. The van der Waals surface area contributed by atoms with E-state index in [-0.39, 0.29) is 11.9 Å².